The molecule has 0 saturated carbocycles. The number of anilines is 1. The zero-order valence-electron chi connectivity index (χ0n) is 12.1. The summed E-state index contributed by atoms with van der Waals surface area (Å²) < 4.78 is 5.77. The van der Waals surface area contributed by atoms with Crippen LogP contribution in [-0.2, 0) is 4.79 Å². The third-order valence-electron chi connectivity index (χ3n) is 3.44. The molecule has 2 N–H and O–H groups in total. The molecule has 1 aromatic carbocycles. The maximum Gasteiger partial charge on any atom is 0.268 e. The molecule has 0 aliphatic carbocycles. The van der Waals surface area contributed by atoms with Crippen molar-refractivity contribution in [1.29, 1.82) is 0 Å². The van der Waals surface area contributed by atoms with Gasteiger partial charge in [-0.2, -0.15) is 0 Å². The SMILES string of the molecule is CCN1C(=O)C(C(C)C)Oc2ccc(C(=O)CN)cc21. The number of carbonyl (C=O) groups excluding carboxylic acids is 2. The van der Waals surface area contributed by atoms with Crippen LogP contribution in [0.5, 0.6) is 5.75 Å². The second-order valence-corrected chi connectivity index (χ2v) is 5.17. The van der Waals surface area contributed by atoms with E-state index in [1.807, 2.05) is 20.8 Å². The summed E-state index contributed by atoms with van der Waals surface area (Å²) in [5.41, 5.74) is 6.53. The number of fused-ring (bicyclic) bond motifs is 1. The van der Waals surface area contributed by atoms with Crippen LogP contribution in [0.25, 0.3) is 0 Å². The van der Waals surface area contributed by atoms with E-state index >= 15 is 0 Å². The first-order valence-electron chi connectivity index (χ1n) is 6.85. The molecule has 0 aromatic heterocycles. The number of ketones is 1. The highest BCUT2D eigenvalue weighted by atomic mass is 16.5. The van der Waals surface area contributed by atoms with Crippen LogP contribution in [0.2, 0.25) is 0 Å². The van der Waals surface area contributed by atoms with Gasteiger partial charge in [0.2, 0.25) is 0 Å². The second kappa shape index (κ2) is 5.63. The van der Waals surface area contributed by atoms with Gasteiger partial charge in [0.05, 0.1) is 12.2 Å². The summed E-state index contributed by atoms with van der Waals surface area (Å²) >= 11 is 0. The molecule has 0 saturated heterocycles. The van der Waals surface area contributed by atoms with E-state index in [1.54, 1.807) is 23.1 Å². The van der Waals surface area contributed by atoms with Crippen molar-refractivity contribution in [2.75, 3.05) is 18.0 Å². The summed E-state index contributed by atoms with van der Waals surface area (Å²) in [4.78, 5) is 25.7. The summed E-state index contributed by atoms with van der Waals surface area (Å²) in [7, 11) is 0. The number of hydrogen-bond acceptors (Lipinski definition) is 4. The molecule has 1 aliphatic rings. The molecule has 5 heteroatoms. The standard InChI is InChI=1S/C15H20N2O3/c1-4-17-11-7-10(12(18)8-16)5-6-13(11)20-14(9(2)3)15(17)19/h5-7,9,14H,4,8,16H2,1-3H3. The van der Waals surface area contributed by atoms with Gasteiger partial charge in [0.1, 0.15) is 5.75 Å². The molecule has 1 aromatic rings. The van der Waals surface area contributed by atoms with Crippen molar-refractivity contribution in [3.05, 3.63) is 23.8 Å². The van der Waals surface area contributed by atoms with E-state index in [4.69, 9.17) is 10.5 Å². The molecule has 1 unspecified atom stereocenters. The van der Waals surface area contributed by atoms with Gasteiger partial charge in [-0.25, -0.2) is 0 Å². The fourth-order valence-corrected chi connectivity index (χ4v) is 2.33. The number of Topliss-reactive ketones (excluding diaryl/α,β-unsaturated/α-hetero) is 1. The topological polar surface area (TPSA) is 72.6 Å². The maximum absolute atomic E-state index is 12.4. The highest BCUT2D eigenvalue weighted by Crippen LogP contribution is 2.36. The number of rotatable bonds is 4. The first-order chi connectivity index (χ1) is 9.49. The fraction of sp³-hybridized carbons (Fsp3) is 0.467. The zero-order chi connectivity index (χ0) is 14.9. The Balaban J connectivity index is 2.46. The number of likely N-dealkylation sites (N-methyl/N-ethyl adjacent to an activating group) is 1. The Morgan fingerprint density at radius 2 is 2.15 bits per heavy atom. The minimum Gasteiger partial charge on any atom is -0.478 e. The summed E-state index contributed by atoms with van der Waals surface area (Å²) in [6.07, 6.45) is -0.474. The molecule has 108 valence electrons. The minimum atomic E-state index is -0.474. The Bertz CT molecular complexity index is 540. The van der Waals surface area contributed by atoms with Crippen LogP contribution < -0.4 is 15.4 Å². The van der Waals surface area contributed by atoms with Crippen LogP contribution in [-0.4, -0.2) is 30.9 Å². The van der Waals surface area contributed by atoms with E-state index in [-0.39, 0.29) is 24.2 Å². The van der Waals surface area contributed by atoms with Gasteiger partial charge in [0.25, 0.3) is 5.91 Å². The van der Waals surface area contributed by atoms with E-state index in [9.17, 15) is 9.59 Å². The van der Waals surface area contributed by atoms with Gasteiger partial charge in [-0.15, -0.1) is 0 Å². The Morgan fingerprint density at radius 1 is 1.45 bits per heavy atom. The third kappa shape index (κ3) is 2.41. The number of nitrogens with zero attached hydrogens (tertiary/aromatic N) is 1. The van der Waals surface area contributed by atoms with Crippen LogP contribution in [0.4, 0.5) is 5.69 Å². The number of benzene rings is 1. The third-order valence-corrected chi connectivity index (χ3v) is 3.44. The number of ether oxygens (including phenoxy) is 1. The van der Waals surface area contributed by atoms with Gasteiger partial charge in [0.15, 0.2) is 11.9 Å². The molecule has 0 spiro atoms. The Hall–Kier alpha value is -1.88. The lowest BCUT2D eigenvalue weighted by Gasteiger charge is -2.35. The average Bonchev–Trinajstić information content (AvgIpc) is 2.45. The van der Waals surface area contributed by atoms with Crippen molar-refractivity contribution in [3.63, 3.8) is 0 Å². The van der Waals surface area contributed by atoms with Crippen molar-refractivity contribution in [2.45, 2.75) is 26.9 Å². The van der Waals surface area contributed by atoms with Crippen molar-refractivity contribution < 1.29 is 14.3 Å². The highest BCUT2D eigenvalue weighted by molar-refractivity contribution is 6.03. The summed E-state index contributed by atoms with van der Waals surface area (Å²) in [5.74, 6) is 0.517. The average molecular weight is 276 g/mol. The van der Waals surface area contributed by atoms with E-state index in [0.717, 1.165) is 0 Å². The van der Waals surface area contributed by atoms with Gasteiger partial charge in [0, 0.05) is 12.1 Å². The number of carbonyl (C=O) groups is 2. The van der Waals surface area contributed by atoms with Crippen molar-refractivity contribution in [2.24, 2.45) is 11.7 Å². The fourth-order valence-electron chi connectivity index (χ4n) is 2.33. The quantitative estimate of drug-likeness (QED) is 0.848. The van der Waals surface area contributed by atoms with Crippen LogP contribution >= 0.6 is 0 Å². The van der Waals surface area contributed by atoms with Gasteiger partial charge in [-0.3, -0.25) is 9.59 Å². The lowest BCUT2D eigenvalue weighted by molar-refractivity contribution is -0.128. The van der Waals surface area contributed by atoms with Crippen molar-refractivity contribution in [1.82, 2.24) is 0 Å². The molecule has 20 heavy (non-hydrogen) atoms. The normalized spacial score (nSPS) is 17.9. The van der Waals surface area contributed by atoms with Crippen LogP contribution in [0.3, 0.4) is 0 Å². The van der Waals surface area contributed by atoms with E-state index < -0.39 is 6.10 Å². The van der Waals surface area contributed by atoms with Gasteiger partial charge >= 0.3 is 0 Å². The van der Waals surface area contributed by atoms with Crippen LogP contribution in [0.15, 0.2) is 18.2 Å². The summed E-state index contributed by atoms with van der Waals surface area (Å²) in [5, 5.41) is 0. The van der Waals surface area contributed by atoms with Crippen molar-refractivity contribution >= 4 is 17.4 Å². The molecule has 1 amide bonds. The van der Waals surface area contributed by atoms with Gasteiger partial charge < -0.3 is 15.4 Å². The Kier molecular flexibility index (Phi) is 4.09. The molecule has 1 atom stereocenters. The zero-order valence-corrected chi connectivity index (χ0v) is 12.1. The lowest BCUT2D eigenvalue weighted by atomic mass is 10.0. The molecule has 5 nitrogen and oxygen atoms in total. The van der Waals surface area contributed by atoms with Gasteiger partial charge in [-0.05, 0) is 31.0 Å². The molecular formula is C15H20N2O3. The molecule has 0 radical (unpaired) electrons. The van der Waals surface area contributed by atoms with Crippen LogP contribution in [0, 0.1) is 5.92 Å². The Morgan fingerprint density at radius 3 is 2.70 bits per heavy atom. The number of amides is 1. The number of nitrogens with two attached hydrogens (primary N) is 1. The monoisotopic (exact) mass is 276 g/mol. The second-order valence-electron chi connectivity index (χ2n) is 5.17. The molecule has 1 aliphatic heterocycles. The lowest BCUT2D eigenvalue weighted by Crippen LogP contribution is -2.48. The smallest absolute Gasteiger partial charge is 0.268 e. The summed E-state index contributed by atoms with van der Waals surface area (Å²) in [6, 6.07) is 5.11. The van der Waals surface area contributed by atoms with Gasteiger partial charge in [-0.1, -0.05) is 13.8 Å². The summed E-state index contributed by atoms with van der Waals surface area (Å²) in [6.45, 7) is 6.30. The minimum absolute atomic E-state index is 0.0473. The van der Waals surface area contributed by atoms with E-state index in [2.05, 4.69) is 0 Å². The number of hydrogen-bond donors (Lipinski definition) is 1. The molecule has 0 fully saturated rings. The van der Waals surface area contributed by atoms with E-state index in [1.165, 1.54) is 0 Å². The predicted molar refractivity (Wildman–Crippen MR) is 77.1 cm³/mol. The predicted octanol–water partition coefficient (Wildman–Crippen LogP) is 1.60. The van der Waals surface area contributed by atoms with E-state index in [0.29, 0.717) is 23.5 Å². The molecular weight excluding hydrogens is 256 g/mol. The molecule has 1 heterocycles. The molecule has 0 bridgehead atoms. The first-order valence-corrected chi connectivity index (χ1v) is 6.85. The maximum atomic E-state index is 12.4. The van der Waals surface area contributed by atoms with Crippen molar-refractivity contribution in [3.8, 4) is 5.75 Å². The highest BCUT2D eigenvalue weighted by Gasteiger charge is 2.35. The molecule has 2 rings (SSSR count). The van der Waals surface area contributed by atoms with Crippen LogP contribution in [0.1, 0.15) is 31.1 Å². The largest absolute Gasteiger partial charge is 0.478 e. The first kappa shape index (κ1) is 14.5. The Labute approximate surface area is 118 Å².